The van der Waals surface area contributed by atoms with Gasteiger partial charge in [-0.1, -0.05) is 79.9 Å². The van der Waals surface area contributed by atoms with Gasteiger partial charge in [-0.15, -0.1) is 0 Å². The van der Waals surface area contributed by atoms with Crippen molar-refractivity contribution in [3.8, 4) is 0 Å². The Hall–Kier alpha value is 0.964. The minimum atomic E-state index is 0.247. The Bertz CT molecular complexity index is 289. The Morgan fingerprint density at radius 2 is 1.30 bits per heavy atom. The smallest absolute Gasteiger partial charge is 0.186 e. The van der Waals surface area contributed by atoms with Crippen LogP contribution in [-0.2, 0) is 42.8 Å². The summed E-state index contributed by atoms with van der Waals surface area (Å²) in [4.78, 5) is 32.5. The number of hydrogen-bond acceptors (Lipinski definition) is 6. The standard InChI is InChI=1S/C5H13PSSi.C4H9I.2CO2.CH5PSSi/c1-5(2)3-8-4-6-7;1-4(2)3-5;2*2-1-3;3-2-1-4/h5H,3-4,8H2,1-2H3;4H,3H2,1-2H3;;;1H2,4H3. The van der Waals surface area contributed by atoms with E-state index < -0.39 is 0 Å². The first-order chi connectivity index (χ1) is 10.8. The minimum absolute atomic E-state index is 0.247. The van der Waals surface area contributed by atoms with Crippen LogP contribution in [0.15, 0.2) is 0 Å². The number of rotatable bonds is 6. The number of alkyl halides is 1. The third kappa shape index (κ3) is 126. The van der Waals surface area contributed by atoms with Crippen LogP contribution in [0.2, 0.25) is 6.04 Å². The van der Waals surface area contributed by atoms with Crippen molar-refractivity contribution in [3.05, 3.63) is 0 Å². The van der Waals surface area contributed by atoms with Gasteiger partial charge < -0.3 is 0 Å². The van der Waals surface area contributed by atoms with Gasteiger partial charge in [-0.3, -0.25) is 0 Å². The lowest BCUT2D eigenvalue weighted by molar-refractivity contribution is -0.193. The molecular weight excluding hydrogens is 517 g/mol. The van der Waals surface area contributed by atoms with Crippen LogP contribution >= 0.6 is 37.3 Å². The summed E-state index contributed by atoms with van der Waals surface area (Å²) < 4.78 is 1.28. The maximum Gasteiger partial charge on any atom is 0.373 e. The molecule has 4 nitrogen and oxygen atoms in total. The van der Waals surface area contributed by atoms with E-state index in [1.54, 1.807) is 0 Å². The predicted molar refractivity (Wildman–Crippen MR) is 120 cm³/mol. The summed E-state index contributed by atoms with van der Waals surface area (Å²) in [7, 11) is 3.86. The summed E-state index contributed by atoms with van der Waals surface area (Å²) in [6.45, 7) is 9.00. The second kappa shape index (κ2) is 43.5. The molecule has 0 atom stereocenters. The second-order valence-corrected chi connectivity index (χ2v) is 13.1. The minimum Gasteiger partial charge on any atom is -0.186 e. The Balaban J connectivity index is -0.0000000628. The SMILES string of the molecule is CC(C)CI.CC(C)C[SiH2]CP=S.O=C=O.O=C=O.[SiH3]CP=S. The van der Waals surface area contributed by atoms with E-state index in [1.165, 1.54) is 39.6 Å². The molecular formula is C12H27IO4P2S2Si2. The molecule has 11 heteroatoms. The van der Waals surface area contributed by atoms with Gasteiger partial charge in [0.15, 0.2) is 0 Å². The highest BCUT2D eigenvalue weighted by Crippen LogP contribution is 2.00. The third-order valence-corrected chi connectivity index (χ3v) is 11.8. The first kappa shape index (κ1) is 35.1. The summed E-state index contributed by atoms with van der Waals surface area (Å²) >= 11 is 11.7. The molecule has 23 heavy (non-hydrogen) atoms. The largest absolute Gasteiger partial charge is 0.373 e. The van der Waals surface area contributed by atoms with Gasteiger partial charge in [-0.2, -0.15) is 19.2 Å². The van der Waals surface area contributed by atoms with Crippen molar-refractivity contribution in [2.45, 2.75) is 33.7 Å². The van der Waals surface area contributed by atoms with E-state index in [4.69, 9.17) is 31.0 Å². The van der Waals surface area contributed by atoms with Gasteiger partial charge >= 0.3 is 12.3 Å². The quantitative estimate of drug-likeness (QED) is 0.168. The van der Waals surface area contributed by atoms with Crippen LogP contribution in [0.3, 0.4) is 0 Å². The monoisotopic (exact) mass is 544 g/mol. The topological polar surface area (TPSA) is 68.3 Å². The van der Waals surface area contributed by atoms with Gasteiger partial charge in [0.25, 0.3) is 0 Å². The summed E-state index contributed by atoms with van der Waals surface area (Å²) in [6, 6.07) is 1.48. The number of halogens is 1. The van der Waals surface area contributed by atoms with Crippen molar-refractivity contribution in [2.75, 3.05) is 16.0 Å². The Kier molecular flexibility index (Phi) is 66.4. The molecule has 0 spiro atoms. The van der Waals surface area contributed by atoms with E-state index in [1.807, 2.05) is 0 Å². The van der Waals surface area contributed by atoms with Crippen LogP contribution in [0, 0.1) is 11.8 Å². The van der Waals surface area contributed by atoms with Crippen LogP contribution in [0.5, 0.6) is 0 Å². The van der Waals surface area contributed by atoms with Crippen LogP contribution in [-0.4, -0.2) is 48.1 Å². The van der Waals surface area contributed by atoms with Crippen molar-refractivity contribution in [2.24, 2.45) is 11.8 Å². The highest BCUT2D eigenvalue weighted by molar-refractivity contribution is 14.1. The molecule has 136 valence electrons. The van der Waals surface area contributed by atoms with E-state index in [0.29, 0.717) is 0 Å². The summed E-state index contributed by atoms with van der Waals surface area (Å²) in [5, 5.41) is 0. The molecule has 0 rings (SSSR count). The molecule has 0 fully saturated rings. The molecule has 0 aliphatic heterocycles. The molecule has 0 aliphatic rings. The van der Waals surface area contributed by atoms with Gasteiger partial charge in [-0.05, 0) is 38.1 Å². The lowest BCUT2D eigenvalue weighted by Crippen LogP contribution is -1.96. The zero-order valence-corrected chi connectivity index (χ0v) is 23.4. The van der Waals surface area contributed by atoms with Crippen LogP contribution < -0.4 is 0 Å². The third-order valence-electron chi connectivity index (χ3n) is 1.47. The molecule has 0 saturated carbocycles. The predicted octanol–water partition coefficient (Wildman–Crippen LogP) is 2.22. The molecule has 0 bridgehead atoms. The fraction of sp³-hybridized carbons (Fsp3) is 0.833. The zero-order valence-electron chi connectivity index (χ0n) is 14.4. The average molecular weight is 545 g/mol. The number of hydrogen-bond donors (Lipinski definition) is 0. The van der Waals surface area contributed by atoms with Gasteiger partial charge in [-0.25, -0.2) is 0 Å². The van der Waals surface area contributed by atoms with E-state index in [9.17, 15) is 0 Å². The number of carbonyl (C=O) groups excluding carboxylic acids is 4. The van der Waals surface area contributed by atoms with Gasteiger partial charge in [0.05, 0.1) is 0 Å². The van der Waals surface area contributed by atoms with Crippen LogP contribution in [0.1, 0.15) is 27.7 Å². The van der Waals surface area contributed by atoms with Gasteiger partial charge in [0.2, 0.25) is 0 Å². The van der Waals surface area contributed by atoms with Crippen molar-refractivity contribution < 1.29 is 19.2 Å². The summed E-state index contributed by atoms with van der Waals surface area (Å²) in [6.07, 6.45) is 0.500. The maximum atomic E-state index is 8.12. The van der Waals surface area contributed by atoms with Gasteiger partial charge in [0, 0.05) is 24.2 Å². The molecule has 0 unspecified atom stereocenters. The average Bonchev–Trinajstić information content (AvgIpc) is 2.49. The molecule has 0 aromatic carbocycles. The lowest BCUT2D eigenvalue weighted by atomic mass is 10.3. The van der Waals surface area contributed by atoms with Crippen molar-refractivity contribution >= 4 is 93.0 Å². The molecule has 0 aromatic heterocycles. The normalized spacial score (nSPS) is 8.65. The Morgan fingerprint density at radius 1 is 1.00 bits per heavy atom. The highest BCUT2D eigenvalue weighted by atomic mass is 127. The lowest BCUT2D eigenvalue weighted by Gasteiger charge is -1.98. The first-order valence-corrected chi connectivity index (χ1v) is 16.0. The molecule has 0 aromatic rings. The first-order valence-electron chi connectivity index (χ1n) is 6.91. The van der Waals surface area contributed by atoms with E-state index in [0.717, 1.165) is 19.2 Å². The maximum absolute atomic E-state index is 8.12. The molecule has 0 heterocycles. The van der Waals surface area contributed by atoms with Crippen LogP contribution in [0.25, 0.3) is 0 Å². The fourth-order valence-electron chi connectivity index (χ4n) is 0.564. The summed E-state index contributed by atoms with van der Waals surface area (Å²) in [5.41, 5.74) is 0. The fourth-order valence-corrected chi connectivity index (χ4v) is 3.79. The molecule has 0 saturated heterocycles. The highest BCUT2D eigenvalue weighted by Gasteiger charge is 1.91. The van der Waals surface area contributed by atoms with E-state index in [2.05, 4.69) is 62.1 Å². The van der Waals surface area contributed by atoms with Crippen molar-refractivity contribution in [3.63, 3.8) is 0 Å². The van der Waals surface area contributed by atoms with Crippen molar-refractivity contribution in [1.82, 2.24) is 0 Å². The second-order valence-electron chi connectivity index (χ2n) is 4.55. The van der Waals surface area contributed by atoms with E-state index >= 15 is 0 Å². The molecule has 0 amide bonds. The molecule has 0 aliphatic carbocycles. The molecule has 0 radical (unpaired) electrons. The van der Waals surface area contributed by atoms with Crippen LogP contribution in [0.4, 0.5) is 0 Å². The zero-order chi connectivity index (χ0) is 19.5. The molecule has 0 N–H and O–H groups in total. The summed E-state index contributed by atoms with van der Waals surface area (Å²) in [5.74, 6) is 4.37. The van der Waals surface area contributed by atoms with E-state index in [-0.39, 0.29) is 21.8 Å². The van der Waals surface area contributed by atoms with Crippen molar-refractivity contribution in [1.29, 1.82) is 0 Å². The van der Waals surface area contributed by atoms with Gasteiger partial charge in [0.1, 0.15) is 0 Å². The Morgan fingerprint density at radius 3 is 1.43 bits per heavy atom. The Labute approximate surface area is 172 Å².